The van der Waals surface area contributed by atoms with E-state index in [2.05, 4.69) is 10.3 Å². The van der Waals surface area contributed by atoms with Gasteiger partial charge in [-0.2, -0.15) is 5.26 Å². The lowest BCUT2D eigenvalue weighted by atomic mass is 10.1. The third-order valence-corrected chi connectivity index (χ3v) is 5.37. The van der Waals surface area contributed by atoms with E-state index in [-0.39, 0.29) is 19.3 Å². The molecule has 0 fully saturated rings. The van der Waals surface area contributed by atoms with Crippen LogP contribution in [0.2, 0.25) is 0 Å². The largest absolute Gasteiger partial charge is 0.484 e. The summed E-state index contributed by atoms with van der Waals surface area (Å²) in [4.78, 5) is 17.7. The molecule has 0 spiro atoms. The summed E-state index contributed by atoms with van der Waals surface area (Å²) in [6.07, 6.45) is 0.692. The van der Waals surface area contributed by atoms with Crippen LogP contribution in [-0.4, -0.2) is 24.3 Å². The molecule has 1 N–H and O–H groups in total. The van der Waals surface area contributed by atoms with Crippen molar-refractivity contribution in [3.8, 4) is 23.3 Å². The number of hydrogen-bond donors (Lipinski definition) is 1. The third-order valence-electron chi connectivity index (χ3n) is 4.29. The van der Waals surface area contributed by atoms with Crippen LogP contribution in [0.25, 0.3) is 0 Å². The highest BCUT2D eigenvalue weighted by Crippen LogP contribution is 2.34. The molecule has 7 nitrogen and oxygen atoms in total. The number of aromatic nitrogens is 1. The summed E-state index contributed by atoms with van der Waals surface area (Å²) in [5, 5.41) is 12.1. The van der Waals surface area contributed by atoms with E-state index in [0.717, 1.165) is 27.6 Å². The van der Waals surface area contributed by atoms with Gasteiger partial charge in [-0.1, -0.05) is 6.07 Å². The van der Waals surface area contributed by atoms with E-state index in [1.165, 1.54) is 11.3 Å². The monoisotopic (exact) mass is 407 g/mol. The Hall–Kier alpha value is -3.57. The maximum Gasteiger partial charge on any atom is 0.264 e. The van der Waals surface area contributed by atoms with Gasteiger partial charge in [0.25, 0.3) is 5.91 Å². The molecule has 2 aromatic carbocycles. The first kappa shape index (κ1) is 18.8. The number of fused-ring (bicyclic) bond motifs is 1. The first-order valence-electron chi connectivity index (χ1n) is 8.88. The number of nitriles is 1. The Kier molecular flexibility index (Phi) is 5.31. The SMILES string of the molecule is Cc1nc(NC(=O)COc2ccc(C#N)cc2)sc1Cc1ccc2c(c1)OCO2. The molecular weight excluding hydrogens is 390 g/mol. The predicted molar refractivity (Wildman–Crippen MR) is 108 cm³/mol. The first-order valence-corrected chi connectivity index (χ1v) is 9.70. The molecule has 0 bridgehead atoms. The van der Waals surface area contributed by atoms with Crippen LogP contribution in [0, 0.1) is 18.3 Å². The van der Waals surface area contributed by atoms with Gasteiger partial charge in [0.1, 0.15) is 5.75 Å². The van der Waals surface area contributed by atoms with Crippen LogP contribution in [0.15, 0.2) is 42.5 Å². The molecule has 0 atom stereocenters. The molecule has 1 amide bonds. The zero-order valence-electron chi connectivity index (χ0n) is 15.6. The van der Waals surface area contributed by atoms with Gasteiger partial charge in [-0.15, -0.1) is 11.3 Å². The van der Waals surface area contributed by atoms with Gasteiger partial charge in [-0.05, 0) is 48.9 Å². The summed E-state index contributed by atoms with van der Waals surface area (Å²) in [5.41, 5.74) is 2.49. The average molecular weight is 407 g/mol. The van der Waals surface area contributed by atoms with Gasteiger partial charge in [0.2, 0.25) is 6.79 Å². The molecule has 3 aromatic rings. The molecule has 1 aliphatic rings. The maximum absolute atomic E-state index is 12.2. The van der Waals surface area contributed by atoms with Crippen LogP contribution < -0.4 is 19.5 Å². The molecular formula is C21H17N3O4S. The minimum Gasteiger partial charge on any atom is -0.484 e. The zero-order valence-corrected chi connectivity index (χ0v) is 16.4. The molecule has 8 heteroatoms. The van der Waals surface area contributed by atoms with E-state index in [1.54, 1.807) is 24.3 Å². The fourth-order valence-corrected chi connectivity index (χ4v) is 3.82. The van der Waals surface area contributed by atoms with Crippen molar-refractivity contribution in [1.29, 1.82) is 5.26 Å². The highest BCUT2D eigenvalue weighted by Gasteiger charge is 2.16. The molecule has 1 aliphatic heterocycles. The Morgan fingerprint density at radius 2 is 2.03 bits per heavy atom. The van der Waals surface area contributed by atoms with Gasteiger partial charge < -0.3 is 14.2 Å². The first-order chi connectivity index (χ1) is 14.1. The number of ether oxygens (including phenoxy) is 3. The Morgan fingerprint density at radius 3 is 2.83 bits per heavy atom. The number of benzene rings is 2. The van der Waals surface area contributed by atoms with E-state index in [1.807, 2.05) is 31.2 Å². The summed E-state index contributed by atoms with van der Waals surface area (Å²) in [7, 11) is 0. The molecule has 0 saturated heterocycles. The number of carbonyl (C=O) groups excluding carboxylic acids is 1. The fraction of sp³-hybridized carbons (Fsp3) is 0.190. The van der Waals surface area contributed by atoms with E-state index in [4.69, 9.17) is 19.5 Å². The lowest BCUT2D eigenvalue weighted by Gasteiger charge is -2.05. The van der Waals surface area contributed by atoms with Gasteiger partial charge in [-0.3, -0.25) is 10.1 Å². The summed E-state index contributed by atoms with van der Waals surface area (Å²) >= 11 is 1.44. The highest BCUT2D eigenvalue weighted by atomic mass is 32.1. The van der Waals surface area contributed by atoms with Gasteiger partial charge in [0.05, 0.1) is 17.3 Å². The second-order valence-electron chi connectivity index (χ2n) is 6.37. The predicted octanol–water partition coefficient (Wildman–Crippen LogP) is 3.66. The fourth-order valence-electron chi connectivity index (χ4n) is 2.81. The smallest absolute Gasteiger partial charge is 0.264 e. The molecule has 1 aromatic heterocycles. The van der Waals surface area contributed by atoms with Gasteiger partial charge in [0, 0.05) is 11.3 Å². The molecule has 4 rings (SSSR count). The van der Waals surface area contributed by atoms with Crippen LogP contribution in [0.4, 0.5) is 5.13 Å². The van der Waals surface area contributed by atoms with Crippen LogP contribution in [0.3, 0.4) is 0 Å². The van der Waals surface area contributed by atoms with Crippen molar-refractivity contribution in [3.05, 3.63) is 64.2 Å². The maximum atomic E-state index is 12.2. The average Bonchev–Trinajstić information content (AvgIpc) is 3.33. The van der Waals surface area contributed by atoms with Crippen molar-refractivity contribution in [2.75, 3.05) is 18.7 Å². The van der Waals surface area contributed by atoms with Crippen LogP contribution >= 0.6 is 11.3 Å². The number of anilines is 1. The van der Waals surface area contributed by atoms with Crippen molar-refractivity contribution < 1.29 is 19.0 Å². The molecule has 0 radical (unpaired) electrons. The minimum absolute atomic E-state index is 0.137. The molecule has 0 saturated carbocycles. The number of thiazole rings is 1. The molecule has 146 valence electrons. The number of hydrogen-bond acceptors (Lipinski definition) is 7. The molecule has 29 heavy (non-hydrogen) atoms. The van der Waals surface area contributed by atoms with E-state index in [9.17, 15) is 4.79 Å². The minimum atomic E-state index is -0.294. The van der Waals surface area contributed by atoms with Crippen LogP contribution in [0.1, 0.15) is 21.7 Å². The lowest BCUT2D eigenvalue weighted by molar-refractivity contribution is -0.118. The molecule has 2 heterocycles. The number of amides is 1. The van der Waals surface area contributed by atoms with Gasteiger partial charge >= 0.3 is 0 Å². The summed E-state index contributed by atoms with van der Waals surface area (Å²) in [6, 6.07) is 14.5. The Labute approximate surface area is 171 Å². The number of aryl methyl sites for hydroxylation is 1. The standard InChI is InChI=1S/C21H17N3O4S/c1-13-19(9-15-4-7-17-18(8-15)28-12-27-17)29-21(23-13)24-20(25)11-26-16-5-2-14(10-22)3-6-16/h2-8H,9,11-12H2,1H3,(H,23,24,25). The lowest BCUT2D eigenvalue weighted by Crippen LogP contribution is -2.20. The van der Waals surface area contributed by atoms with Crippen molar-refractivity contribution in [2.45, 2.75) is 13.3 Å². The van der Waals surface area contributed by atoms with Crippen LogP contribution in [-0.2, 0) is 11.2 Å². The van der Waals surface area contributed by atoms with E-state index in [0.29, 0.717) is 22.9 Å². The summed E-state index contributed by atoms with van der Waals surface area (Å²) in [6.45, 7) is 2.03. The van der Waals surface area contributed by atoms with E-state index < -0.39 is 0 Å². The Balaban J connectivity index is 1.34. The van der Waals surface area contributed by atoms with Crippen molar-refractivity contribution in [2.24, 2.45) is 0 Å². The summed E-state index contributed by atoms with van der Waals surface area (Å²) in [5.74, 6) is 1.74. The Morgan fingerprint density at radius 1 is 1.24 bits per heavy atom. The third kappa shape index (κ3) is 4.47. The second kappa shape index (κ2) is 8.20. The number of nitrogens with one attached hydrogen (secondary N) is 1. The quantitative estimate of drug-likeness (QED) is 0.670. The zero-order chi connectivity index (χ0) is 20.2. The topological polar surface area (TPSA) is 93.5 Å². The molecule has 0 unspecified atom stereocenters. The normalized spacial score (nSPS) is 11.7. The second-order valence-corrected chi connectivity index (χ2v) is 7.45. The van der Waals surface area contributed by atoms with E-state index >= 15 is 0 Å². The van der Waals surface area contributed by atoms with Gasteiger partial charge in [-0.25, -0.2) is 4.98 Å². The van der Waals surface area contributed by atoms with Crippen molar-refractivity contribution in [3.63, 3.8) is 0 Å². The highest BCUT2D eigenvalue weighted by molar-refractivity contribution is 7.15. The van der Waals surface area contributed by atoms with Crippen molar-refractivity contribution in [1.82, 2.24) is 4.98 Å². The number of carbonyl (C=O) groups is 1. The van der Waals surface area contributed by atoms with Gasteiger partial charge in [0.15, 0.2) is 23.2 Å². The molecule has 0 aliphatic carbocycles. The Bertz CT molecular complexity index is 1090. The van der Waals surface area contributed by atoms with Crippen molar-refractivity contribution >= 4 is 22.4 Å². The summed E-state index contributed by atoms with van der Waals surface area (Å²) < 4.78 is 16.2. The number of nitrogens with zero attached hydrogens (tertiary/aromatic N) is 2. The number of rotatable bonds is 6. The van der Waals surface area contributed by atoms with Crippen LogP contribution in [0.5, 0.6) is 17.2 Å².